The van der Waals surface area contributed by atoms with Gasteiger partial charge in [0.25, 0.3) is 0 Å². The molecule has 0 atom stereocenters. The van der Waals surface area contributed by atoms with Gasteiger partial charge in [-0.15, -0.1) is 0 Å². The first-order valence-electron chi connectivity index (χ1n) is 7.63. The zero-order valence-corrected chi connectivity index (χ0v) is 13.2. The van der Waals surface area contributed by atoms with E-state index in [0.29, 0.717) is 18.4 Å². The highest BCUT2D eigenvalue weighted by atomic mass is 16.5. The maximum absolute atomic E-state index is 12.3. The first-order chi connectivity index (χ1) is 11.2. The summed E-state index contributed by atoms with van der Waals surface area (Å²) in [7, 11) is 1.38. The molecule has 0 aliphatic rings. The van der Waals surface area contributed by atoms with Crippen molar-refractivity contribution in [3.05, 3.63) is 64.8 Å². The number of aryl methyl sites for hydroxylation is 1. The van der Waals surface area contributed by atoms with Crippen LogP contribution in [-0.2, 0) is 17.6 Å². The first kappa shape index (κ1) is 15.2. The van der Waals surface area contributed by atoms with Gasteiger partial charge in [0, 0.05) is 28.6 Å². The van der Waals surface area contributed by atoms with E-state index in [4.69, 9.17) is 4.74 Å². The molecule has 2 N–H and O–H groups in total. The number of fused-ring (bicyclic) bond motifs is 1. The minimum Gasteiger partial charge on any atom is -0.508 e. The number of aromatic amines is 1. The molecule has 3 aromatic rings. The van der Waals surface area contributed by atoms with Crippen molar-refractivity contribution < 1.29 is 14.6 Å². The summed E-state index contributed by atoms with van der Waals surface area (Å²) in [5, 5.41) is 11.1. The lowest BCUT2D eigenvalue weighted by Crippen LogP contribution is -2.05. The average molecular weight is 309 g/mol. The number of ether oxygens (including phenoxy) is 1. The predicted molar refractivity (Wildman–Crippen MR) is 89.9 cm³/mol. The van der Waals surface area contributed by atoms with Crippen LogP contribution in [0.2, 0.25) is 0 Å². The molecule has 4 heteroatoms. The maximum Gasteiger partial charge on any atom is 0.340 e. The van der Waals surface area contributed by atoms with Crippen molar-refractivity contribution in [1.82, 2.24) is 4.98 Å². The lowest BCUT2D eigenvalue weighted by atomic mass is 9.97. The molecule has 0 bridgehead atoms. The fourth-order valence-electron chi connectivity index (χ4n) is 2.97. The molecule has 3 rings (SSSR count). The number of carbonyl (C=O) groups is 1. The van der Waals surface area contributed by atoms with E-state index in [1.54, 1.807) is 12.1 Å². The summed E-state index contributed by atoms with van der Waals surface area (Å²) in [4.78, 5) is 15.5. The molecule has 0 aliphatic carbocycles. The van der Waals surface area contributed by atoms with E-state index < -0.39 is 0 Å². The number of methoxy groups -OCH3 is 1. The summed E-state index contributed by atoms with van der Waals surface area (Å²) in [5.74, 6) is -0.193. The second kappa shape index (κ2) is 6.16. The van der Waals surface area contributed by atoms with Crippen LogP contribution in [0.15, 0.2) is 42.5 Å². The van der Waals surface area contributed by atoms with E-state index in [2.05, 4.69) is 4.98 Å². The van der Waals surface area contributed by atoms with Gasteiger partial charge in [0.05, 0.1) is 12.7 Å². The second-order valence-electron chi connectivity index (χ2n) is 5.47. The molecular weight excluding hydrogens is 290 g/mol. The number of esters is 1. The predicted octanol–water partition coefficient (Wildman–Crippen LogP) is 3.81. The van der Waals surface area contributed by atoms with E-state index in [-0.39, 0.29) is 11.7 Å². The number of aromatic nitrogens is 1. The van der Waals surface area contributed by atoms with E-state index >= 15 is 0 Å². The first-order valence-corrected chi connectivity index (χ1v) is 7.63. The summed E-state index contributed by atoms with van der Waals surface area (Å²) in [6.07, 6.45) is 1.24. The van der Waals surface area contributed by atoms with Crippen LogP contribution in [0.25, 0.3) is 10.9 Å². The van der Waals surface area contributed by atoms with Crippen LogP contribution in [0.3, 0.4) is 0 Å². The van der Waals surface area contributed by atoms with E-state index in [1.165, 1.54) is 7.11 Å². The van der Waals surface area contributed by atoms with Gasteiger partial charge < -0.3 is 14.8 Å². The number of H-pyrrole nitrogens is 1. The number of hydrogen-bond acceptors (Lipinski definition) is 3. The minimum absolute atomic E-state index is 0.188. The zero-order chi connectivity index (χ0) is 16.4. The van der Waals surface area contributed by atoms with Crippen LogP contribution in [-0.4, -0.2) is 23.2 Å². The fourth-order valence-corrected chi connectivity index (χ4v) is 2.97. The maximum atomic E-state index is 12.3. The van der Waals surface area contributed by atoms with Crippen LogP contribution < -0.4 is 0 Å². The third-order valence-corrected chi connectivity index (χ3v) is 4.09. The zero-order valence-electron chi connectivity index (χ0n) is 13.2. The Morgan fingerprint density at radius 1 is 1.17 bits per heavy atom. The SMILES string of the molecule is CCc1[nH]c2ccc(O)c(Cc3ccccc3)c2c1C(=O)OC. The molecular formula is C19H19NO3. The number of nitrogens with one attached hydrogen (secondary N) is 1. The Hall–Kier alpha value is -2.75. The number of phenols is 1. The van der Waals surface area contributed by atoms with Gasteiger partial charge in [-0.2, -0.15) is 0 Å². The highest BCUT2D eigenvalue weighted by Gasteiger charge is 2.22. The standard InChI is InChI=1S/C19H19NO3/c1-3-14-18(19(22)23-2)17-13(11-12-7-5-4-6-8-12)16(21)10-9-15(17)20-14/h4-10,20-21H,3,11H2,1-2H3. The van der Waals surface area contributed by atoms with Crippen LogP contribution in [0, 0.1) is 0 Å². The summed E-state index contributed by atoms with van der Waals surface area (Å²) >= 11 is 0. The molecule has 2 aromatic carbocycles. The van der Waals surface area contributed by atoms with Crippen molar-refractivity contribution >= 4 is 16.9 Å². The number of aromatic hydroxyl groups is 1. The lowest BCUT2D eigenvalue weighted by molar-refractivity contribution is 0.0602. The molecule has 0 unspecified atom stereocenters. The number of phenolic OH excluding ortho intramolecular Hbond substituents is 1. The van der Waals surface area contributed by atoms with E-state index in [1.807, 2.05) is 37.3 Å². The third-order valence-electron chi connectivity index (χ3n) is 4.09. The molecule has 0 aliphatic heterocycles. The Balaban J connectivity index is 2.25. The van der Waals surface area contributed by atoms with Gasteiger partial charge >= 0.3 is 5.97 Å². The highest BCUT2D eigenvalue weighted by Crippen LogP contribution is 2.34. The molecule has 4 nitrogen and oxygen atoms in total. The normalized spacial score (nSPS) is 10.9. The van der Waals surface area contributed by atoms with E-state index in [9.17, 15) is 9.90 Å². The molecule has 0 spiro atoms. The molecule has 0 amide bonds. The Kier molecular flexibility index (Phi) is 4.06. The van der Waals surface area contributed by atoms with Crippen molar-refractivity contribution in [2.24, 2.45) is 0 Å². The number of hydrogen-bond donors (Lipinski definition) is 2. The average Bonchev–Trinajstić information content (AvgIpc) is 2.96. The molecule has 1 heterocycles. The molecule has 23 heavy (non-hydrogen) atoms. The number of rotatable bonds is 4. The van der Waals surface area contributed by atoms with Crippen molar-refractivity contribution in [1.29, 1.82) is 0 Å². The summed E-state index contributed by atoms with van der Waals surface area (Å²) in [6.45, 7) is 1.98. The van der Waals surface area contributed by atoms with Crippen LogP contribution >= 0.6 is 0 Å². The molecule has 0 saturated carbocycles. The highest BCUT2D eigenvalue weighted by molar-refractivity contribution is 6.07. The van der Waals surface area contributed by atoms with Crippen LogP contribution in [0.1, 0.15) is 34.1 Å². The Labute approximate surface area is 134 Å². The van der Waals surface area contributed by atoms with Gasteiger partial charge in [0.1, 0.15) is 5.75 Å². The summed E-state index contributed by atoms with van der Waals surface area (Å²) in [6, 6.07) is 13.3. The number of benzene rings is 2. The smallest absolute Gasteiger partial charge is 0.340 e. The van der Waals surface area contributed by atoms with Crippen molar-refractivity contribution in [3.8, 4) is 5.75 Å². The largest absolute Gasteiger partial charge is 0.508 e. The van der Waals surface area contributed by atoms with Crippen molar-refractivity contribution in [2.45, 2.75) is 19.8 Å². The van der Waals surface area contributed by atoms with Gasteiger partial charge in [-0.1, -0.05) is 37.3 Å². The van der Waals surface area contributed by atoms with Crippen molar-refractivity contribution in [3.63, 3.8) is 0 Å². The molecule has 1 aromatic heterocycles. The quantitative estimate of drug-likeness (QED) is 0.720. The minimum atomic E-state index is -0.381. The van der Waals surface area contributed by atoms with E-state index in [0.717, 1.165) is 27.7 Å². The fraction of sp³-hybridized carbons (Fsp3) is 0.211. The molecule has 0 fully saturated rings. The topological polar surface area (TPSA) is 62.3 Å². The number of carbonyl (C=O) groups excluding carboxylic acids is 1. The van der Waals surface area contributed by atoms with Gasteiger partial charge in [-0.05, 0) is 24.1 Å². The second-order valence-corrected chi connectivity index (χ2v) is 5.47. The third kappa shape index (κ3) is 2.68. The van der Waals surface area contributed by atoms with Gasteiger partial charge in [0.15, 0.2) is 0 Å². The Morgan fingerprint density at radius 2 is 1.91 bits per heavy atom. The van der Waals surface area contributed by atoms with Gasteiger partial charge in [-0.25, -0.2) is 4.79 Å². The van der Waals surface area contributed by atoms with Crippen molar-refractivity contribution in [2.75, 3.05) is 7.11 Å². The molecule has 0 radical (unpaired) electrons. The van der Waals surface area contributed by atoms with Gasteiger partial charge in [0.2, 0.25) is 0 Å². The lowest BCUT2D eigenvalue weighted by Gasteiger charge is -2.09. The van der Waals surface area contributed by atoms with Crippen LogP contribution in [0.5, 0.6) is 5.75 Å². The summed E-state index contributed by atoms with van der Waals surface area (Å²) < 4.78 is 4.95. The Morgan fingerprint density at radius 3 is 2.57 bits per heavy atom. The molecule has 0 saturated heterocycles. The van der Waals surface area contributed by atoms with Crippen LogP contribution in [0.4, 0.5) is 0 Å². The monoisotopic (exact) mass is 309 g/mol. The summed E-state index contributed by atoms with van der Waals surface area (Å²) in [5.41, 5.74) is 4.00. The Bertz CT molecular complexity index is 850. The molecule has 118 valence electrons. The van der Waals surface area contributed by atoms with Gasteiger partial charge in [-0.3, -0.25) is 0 Å².